The number of hydrogen-bond acceptors (Lipinski definition) is 6. The highest BCUT2D eigenvalue weighted by molar-refractivity contribution is 5.43. The number of nitrogens with two attached hydrogens (primary N) is 2. The van der Waals surface area contributed by atoms with Crippen molar-refractivity contribution < 1.29 is 0 Å². The van der Waals surface area contributed by atoms with E-state index in [4.69, 9.17) is 11.5 Å². The molecular weight excluding hydrogens is 278 g/mol. The molecule has 116 valence electrons. The Bertz CT molecular complexity index is 687. The summed E-state index contributed by atoms with van der Waals surface area (Å²) in [4.78, 5) is 8.62. The van der Waals surface area contributed by atoms with Gasteiger partial charge in [0.25, 0.3) is 0 Å². The van der Waals surface area contributed by atoms with Gasteiger partial charge in [0.15, 0.2) is 0 Å². The molecule has 7 heteroatoms. The van der Waals surface area contributed by atoms with Gasteiger partial charge in [-0.25, -0.2) is 4.98 Å². The van der Waals surface area contributed by atoms with Crippen LogP contribution in [0.15, 0.2) is 6.07 Å². The van der Waals surface area contributed by atoms with E-state index in [9.17, 15) is 0 Å². The van der Waals surface area contributed by atoms with Crippen LogP contribution in [-0.4, -0.2) is 26.2 Å². The molecule has 0 unspecified atom stereocenters. The van der Waals surface area contributed by atoms with Gasteiger partial charge in [0.05, 0.1) is 17.9 Å². The van der Waals surface area contributed by atoms with Gasteiger partial charge in [-0.1, -0.05) is 0 Å². The maximum atomic E-state index is 5.86. The molecule has 22 heavy (non-hydrogen) atoms. The Hall–Kier alpha value is -2.15. The summed E-state index contributed by atoms with van der Waals surface area (Å²) in [6.07, 6.45) is 5.38. The summed E-state index contributed by atoms with van der Waals surface area (Å²) < 4.78 is 0. The van der Waals surface area contributed by atoms with Crippen molar-refractivity contribution in [2.24, 2.45) is 5.73 Å². The number of rotatable bonds is 4. The van der Waals surface area contributed by atoms with Crippen molar-refractivity contribution in [3.8, 4) is 0 Å². The fraction of sp³-hybridized carbons (Fsp3) is 0.533. The van der Waals surface area contributed by atoms with Gasteiger partial charge in [-0.05, 0) is 37.7 Å². The molecule has 1 saturated carbocycles. The predicted molar refractivity (Wildman–Crippen MR) is 84.3 cm³/mol. The van der Waals surface area contributed by atoms with Crippen molar-refractivity contribution in [2.75, 3.05) is 11.1 Å². The highest BCUT2D eigenvalue weighted by atomic mass is 15.2. The van der Waals surface area contributed by atoms with Crippen LogP contribution in [0, 0.1) is 0 Å². The van der Waals surface area contributed by atoms with Crippen LogP contribution >= 0.6 is 0 Å². The normalized spacial score (nSPS) is 23.1. The zero-order chi connectivity index (χ0) is 15.1. The maximum absolute atomic E-state index is 5.86. The lowest BCUT2D eigenvalue weighted by Crippen LogP contribution is -2.35. The topological polar surface area (TPSA) is 119 Å². The van der Waals surface area contributed by atoms with Gasteiger partial charge in [-0.3, -0.25) is 5.10 Å². The summed E-state index contributed by atoms with van der Waals surface area (Å²) in [5.74, 6) is 1.49. The molecule has 0 bridgehead atoms. The van der Waals surface area contributed by atoms with E-state index >= 15 is 0 Å². The van der Waals surface area contributed by atoms with Crippen molar-refractivity contribution in [2.45, 2.75) is 50.6 Å². The molecule has 0 spiro atoms. The van der Waals surface area contributed by atoms with Crippen LogP contribution < -0.4 is 16.8 Å². The van der Waals surface area contributed by atoms with Gasteiger partial charge in [0.1, 0.15) is 5.82 Å². The Morgan fingerprint density at radius 2 is 2.14 bits per heavy atom. The Labute approximate surface area is 128 Å². The average molecular weight is 299 g/mol. The first-order chi connectivity index (χ1) is 10.7. The number of H-pyrrole nitrogens is 1. The number of nitrogen functional groups attached to an aromatic ring is 1. The van der Waals surface area contributed by atoms with E-state index in [0.717, 1.165) is 42.9 Å². The second-order valence-corrected chi connectivity index (χ2v) is 6.30. The average Bonchev–Trinajstić information content (AvgIpc) is 3.04. The third kappa shape index (κ3) is 2.41. The Morgan fingerprint density at radius 1 is 1.27 bits per heavy atom. The lowest BCUT2D eigenvalue weighted by molar-refractivity contribution is 0.345. The fourth-order valence-corrected chi connectivity index (χ4v) is 3.40. The molecule has 0 aromatic carbocycles. The highest BCUT2D eigenvalue weighted by Gasteiger charge is 2.29. The van der Waals surface area contributed by atoms with E-state index < -0.39 is 0 Å². The Balaban J connectivity index is 1.48. The number of aryl methyl sites for hydroxylation is 1. The molecule has 2 aromatic rings. The molecule has 7 nitrogen and oxygen atoms in total. The van der Waals surface area contributed by atoms with E-state index in [-0.39, 0.29) is 0 Å². The third-order valence-corrected chi connectivity index (χ3v) is 4.69. The fourth-order valence-electron chi connectivity index (χ4n) is 3.40. The molecule has 0 atom stereocenters. The molecule has 2 aliphatic carbocycles. The number of hydrogen-bond donors (Lipinski definition) is 4. The van der Waals surface area contributed by atoms with E-state index in [1.165, 1.54) is 17.7 Å². The minimum atomic E-state index is 0.296. The number of aromatic amines is 1. The minimum Gasteiger partial charge on any atom is -0.368 e. The predicted octanol–water partition coefficient (Wildman–Crippen LogP) is 1.09. The molecule has 2 heterocycles. The lowest BCUT2D eigenvalue weighted by atomic mass is 9.78. The Morgan fingerprint density at radius 3 is 2.95 bits per heavy atom. The number of nitrogens with zero attached hydrogens (tertiary/aromatic N) is 3. The molecule has 1 fully saturated rings. The van der Waals surface area contributed by atoms with E-state index in [1.807, 2.05) is 6.07 Å². The number of fused-ring (bicyclic) bond motifs is 1. The lowest BCUT2D eigenvalue weighted by Gasteiger charge is -2.32. The van der Waals surface area contributed by atoms with Crippen LogP contribution in [0.3, 0.4) is 0 Å². The van der Waals surface area contributed by atoms with Gasteiger partial charge >= 0.3 is 0 Å². The van der Waals surface area contributed by atoms with Gasteiger partial charge in [-0.2, -0.15) is 10.1 Å². The van der Waals surface area contributed by atoms with Gasteiger partial charge in [0.2, 0.25) is 5.95 Å². The maximum Gasteiger partial charge on any atom is 0.222 e. The molecule has 6 N–H and O–H groups in total. The van der Waals surface area contributed by atoms with Crippen LogP contribution in [0.5, 0.6) is 0 Å². The second-order valence-electron chi connectivity index (χ2n) is 6.30. The molecule has 0 amide bonds. The summed E-state index contributed by atoms with van der Waals surface area (Å²) in [7, 11) is 0. The van der Waals surface area contributed by atoms with Gasteiger partial charge in [-0.15, -0.1) is 0 Å². The summed E-state index contributed by atoms with van der Waals surface area (Å²) >= 11 is 0. The first-order valence-electron chi connectivity index (χ1n) is 7.88. The summed E-state index contributed by atoms with van der Waals surface area (Å²) in [6, 6.07) is 2.28. The molecule has 2 aliphatic rings. The van der Waals surface area contributed by atoms with Gasteiger partial charge < -0.3 is 16.8 Å². The summed E-state index contributed by atoms with van der Waals surface area (Å²) in [5, 5.41) is 10.8. The first-order valence-corrected chi connectivity index (χ1v) is 7.88. The Kier molecular flexibility index (Phi) is 3.22. The van der Waals surface area contributed by atoms with Crippen molar-refractivity contribution >= 4 is 11.8 Å². The van der Waals surface area contributed by atoms with Crippen molar-refractivity contribution in [3.63, 3.8) is 0 Å². The molecular formula is C15H21N7. The standard InChI is InChI=1S/C15H21N7/c16-9-4-8(5-9)12-6-14(20-15(17)19-12)18-7-13-10-2-1-3-11(10)21-22-13/h6,8-9H,1-5,7,16H2,(H,21,22)(H3,17,18,19,20). The summed E-state index contributed by atoms with van der Waals surface area (Å²) in [6.45, 7) is 0.659. The summed E-state index contributed by atoms with van der Waals surface area (Å²) in [5.41, 5.74) is 16.4. The van der Waals surface area contributed by atoms with E-state index in [0.29, 0.717) is 24.5 Å². The van der Waals surface area contributed by atoms with Crippen LogP contribution in [-0.2, 0) is 19.4 Å². The van der Waals surface area contributed by atoms with Crippen LogP contribution in [0.1, 0.15) is 47.8 Å². The molecule has 0 aliphatic heterocycles. The zero-order valence-corrected chi connectivity index (χ0v) is 12.5. The van der Waals surface area contributed by atoms with Crippen molar-refractivity contribution in [1.29, 1.82) is 0 Å². The largest absolute Gasteiger partial charge is 0.368 e. The van der Waals surface area contributed by atoms with Crippen molar-refractivity contribution in [1.82, 2.24) is 20.2 Å². The number of nitrogens with one attached hydrogen (secondary N) is 2. The highest BCUT2D eigenvalue weighted by Crippen LogP contribution is 2.35. The minimum absolute atomic E-state index is 0.296. The number of anilines is 2. The van der Waals surface area contributed by atoms with Gasteiger partial charge in [0, 0.05) is 23.7 Å². The van der Waals surface area contributed by atoms with Crippen LogP contribution in [0.2, 0.25) is 0 Å². The molecule has 2 aromatic heterocycles. The quantitative estimate of drug-likeness (QED) is 0.671. The molecule has 4 rings (SSSR count). The van der Waals surface area contributed by atoms with Crippen molar-refractivity contribution in [3.05, 3.63) is 28.7 Å². The number of aromatic nitrogens is 4. The molecule has 0 radical (unpaired) electrons. The monoisotopic (exact) mass is 299 g/mol. The third-order valence-electron chi connectivity index (χ3n) is 4.69. The first kappa shape index (κ1) is 13.5. The molecule has 0 saturated heterocycles. The van der Waals surface area contributed by atoms with E-state index in [2.05, 4.69) is 25.5 Å². The van der Waals surface area contributed by atoms with Crippen LogP contribution in [0.25, 0.3) is 0 Å². The van der Waals surface area contributed by atoms with E-state index in [1.54, 1.807) is 0 Å². The second kappa shape index (κ2) is 5.24. The zero-order valence-electron chi connectivity index (χ0n) is 12.5. The SMILES string of the molecule is Nc1nc(NCc2n[nH]c3c2CCC3)cc(C2CC(N)C2)n1. The van der Waals surface area contributed by atoms with Crippen LogP contribution in [0.4, 0.5) is 11.8 Å². The smallest absolute Gasteiger partial charge is 0.222 e.